The minimum Gasteiger partial charge on any atom is -0.870 e. The van der Waals surface area contributed by atoms with E-state index in [9.17, 15) is 45.7 Å². The first kappa shape index (κ1) is 55.6. The monoisotopic (exact) mass is 1090 g/mol. The summed E-state index contributed by atoms with van der Waals surface area (Å²) in [5.74, 6) is -1.07. The van der Waals surface area contributed by atoms with E-state index in [1.807, 2.05) is 0 Å². The van der Waals surface area contributed by atoms with E-state index in [2.05, 4.69) is 31.1 Å². The number of carbonyl (C=O) groups excluding carboxylic acids is 2. The fourth-order valence-electron chi connectivity index (χ4n) is 7.01. The number of halogens is 2. The van der Waals surface area contributed by atoms with Gasteiger partial charge in [0.25, 0.3) is 21.9 Å². The summed E-state index contributed by atoms with van der Waals surface area (Å²) in [6.45, 7) is 3.22. The molecule has 0 aliphatic rings. The van der Waals surface area contributed by atoms with Crippen LogP contribution in [0.1, 0.15) is 31.8 Å². The van der Waals surface area contributed by atoms with Gasteiger partial charge in [0.2, 0.25) is 0 Å². The van der Waals surface area contributed by atoms with Gasteiger partial charge in [-0.05, 0) is 121 Å². The first-order valence-electron chi connectivity index (χ1n) is 20.9. The Hall–Kier alpha value is -6.72. The van der Waals surface area contributed by atoms with Gasteiger partial charge in [-0.1, -0.05) is 77.5 Å². The minimum atomic E-state index is -4.86. The molecule has 4 N–H and O–H groups in total. The maximum Gasteiger partial charge on any atom is 2.00 e. The molecule has 0 atom stereocenters. The van der Waals surface area contributed by atoms with Crippen molar-refractivity contribution < 1.29 is 55.2 Å². The SMILES string of the molecule is COc1ccc(NC(=O)c2cc3ccccc3c(N=Nc3cc(S(=O)(=O)O)c(Cl)cc3C)c2O)cc1.COc1ccc(NC(=O)c2cc3ccccc3c(N=Nc3cc(S(=O)(=O)[O-])c(Cl)cc3C)c2[O-])cc1.[Ca+2]. The number of rotatable bonds is 12. The smallest absolute Gasteiger partial charge is 0.870 e. The summed E-state index contributed by atoms with van der Waals surface area (Å²) < 4.78 is 77.4. The molecule has 0 saturated heterocycles. The molecule has 0 aromatic heterocycles. The van der Waals surface area contributed by atoms with Crippen LogP contribution in [0.5, 0.6) is 23.0 Å². The number of hydrogen-bond acceptors (Lipinski definition) is 15. The number of phenolic OH excluding ortho intramolecular Hbond substituents is 1. The van der Waals surface area contributed by atoms with Gasteiger partial charge < -0.3 is 34.9 Å². The summed E-state index contributed by atoms with van der Waals surface area (Å²) in [6.07, 6.45) is 0. The van der Waals surface area contributed by atoms with Crippen LogP contribution in [-0.4, -0.2) is 94.8 Å². The van der Waals surface area contributed by atoms with Crippen LogP contribution >= 0.6 is 23.2 Å². The second-order valence-corrected chi connectivity index (χ2v) is 19.1. The number of nitrogens with one attached hydrogen (secondary N) is 2. The molecule has 0 saturated carbocycles. The molecule has 0 radical (unpaired) electrons. The second kappa shape index (κ2) is 23.4. The largest absolute Gasteiger partial charge is 2.00 e. The maximum absolute atomic E-state index is 13.3. The minimum absolute atomic E-state index is 0. The average molecular weight is 1090 g/mol. The van der Waals surface area contributed by atoms with E-state index in [1.54, 1.807) is 111 Å². The van der Waals surface area contributed by atoms with Crippen LogP contribution in [-0.2, 0) is 20.2 Å². The Bertz CT molecular complexity index is 3490. The molecular weight excluding hydrogens is 1050 g/mol. The molecule has 368 valence electrons. The fraction of sp³-hybridized carbons (Fsp3) is 0.0800. The Kier molecular flexibility index (Phi) is 17.8. The quantitative estimate of drug-likeness (QED) is 0.0505. The molecule has 8 aromatic rings. The zero-order valence-corrected chi connectivity index (χ0v) is 44.1. The zero-order chi connectivity index (χ0) is 52.1. The van der Waals surface area contributed by atoms with Gasteiger partial charge in [-0.25, -0.2) is 8.42 Å². The van der Waals surface area contributed by atoms with Crippen molar-refractivity contribution in [2.75, 3.05) is 24.9 Å². The van der Waals surface area contributed by atoms with Gasteiger partial charge in [0, 0.05) is 27.7 Å². The number of fused-ring (bicyclic) bond motifs is 2. The predicted octanol–water partition coefficient (Wildman–Crippen LogP) is 11.5. The van der Waals surface area contributed by atoms with Crippen LogP contribution in [0.3, 0.4) is 0 Å². The summed E-state index contributed by atoms with van der Waals surface area (Å²) >= 11 is 11.8. The van der Waals surface area contributed by atoms with Gasteiger partial charge in [-0.3, -0.25) is 14.1 Å². The molecule has 0 fully saturated rings. The molecule has 23 heteroatoms. The number of anilines is 2. The number of phenols is 1. The summed E-state index contributed by atoms with van der Waals surface area (Å²) in [5, 5.41) is 47.8. The number of ether oxygens (including phenoxy) is 2. The van der Waals surface area contributed by atoms with E-state index >= 15 is 0 Å². The van der Waals surface area contributed by atoms with Gasteiger partial charge in [0.1, 0.15) is 32.2 Å². The molecular formula is C50H38CaCl2N6O12S2. The van der Waals surface area contributed by atoms with E-state index in [0.29, 0.717) is 55.5 Å². The van der Waals surface area contributed by atoms with Crippen molar-refractivity contribution in [2.24, 2.45) is 20.5 Å². The number of hydrogen-bond donors (Lipinski definition) is 4. The molecule has 18 nitrogen and oxygen atoms in total. The van der Waals surface area contributed by atoms with Crippen LogP contribution in [0, 0.1) is 13.8 Å². The Labute approximate surface area is 457 Å². The van der Waals surface area contributed by atoms with E-state index in [0.717, 1.165) is 12.1 Å². The number of aromatic hydroxyl groups is 1. The normalized spacial score (nSPS) is 11.5. The number of benzene rings is 8. The Balaban J connectivity index is 0.000000235. The van der Waals surface area contributed by atoms with Gasteiger partial charge in [0.05, 0.1) is 51.8 Å². The number of azo groups is 2. The first-order valence-corrected chi connectivity index (χ1v) is 24.5. The average Bonchev–Trinajstić information content (AvgIpc) is 3.34. The molecule has 0 heterocycles. The molecule has 8 rings (SSSR count). The van der Waals surface area contributed by atoms with Crippen LogP contribution in [0.25, 0.3) is 21.5 Å². The number of aryl methyl sites for hydroxylation is 2. The van der Waals surface area contributed by atoms with E-state index in [4.69, 9.17) is 32.7 Å². The third-order valence-electron chi connectivity index (χ3n) is 10.7. The van der Waals surface area contributed by atoms with Crippen molar-refractivity contribution in [3.05, 3.63) is 166 Å². The van der Waals surface area contributed by atoms with Crippen molar-refractivity contribution in [3.63, 3.8) is 0 Å². The third kappa shape index (κ3) is 13.1. The molecule has 0 aliphatic heterocycles. The van der Waals surface area contributed by atoms with Crippen molar-refractivity contribution in [3.8, 4) is 23.0 Å². The first-order chi connectivity index (χ1) is 34.2. The summed E-state index contributed by atoms with van der Waals surface area (Å²) in [4.78, 5) is 24.8. The van der Waals surface area contributed by atoms with Gasteiger partial charge in [-0.2, -0.15) is 23.8 Å². The molecule has 73 heavy (non-hydrogen) atoms. The molecule has 0 aliphatic carbocycles. The van der Waals surface area contributed by atoms with Crippen molar-refractivity contribution in [2.45, 2.75) is 23.6 Å². The molecule has 0 bridgehead atoms. The standard InChI is InChI=1S/2C25H20ClN3O6S.Ca/c2*1-14-11-20(26)22(36(32,33)34)13-21(14)28-29-23-18-6-4-3-5-15(18)12-19(24(23)30)25(31)27-16-7-9-17(35-2)10-8-16;/h2*3-13,30H,1-2H3,(H,27,31)(H,32,33,34);/q;;+2/p-2. The number of methoxy groups -OCH3 is 2. The van der Waals surface area contributed by atoms with Gasteiger partial charge >= 0.3 is 37.7 Å². The van der Waals surface area contributed by atoms with Crippen molar-refractivity contribution >= 4 is 149 Å². The molecule has 0 spiro atoms. The maximum atomic E-state index is 13.3. The van der Waals surface area contributed by atoms with Crippen molar-refractivity contribution in [1.29, 1.82) is 0 Å². The van der Waals surface area contributed by atoms with Gasteiger partial charge in [-0.15, -0.1) is 5.11 Å². The van der Waals surface area contributed by atoms with E-state index in [-0.39, 0.29) is 81.7 Å². The summed E-state index contributed by atoms with van der Waals surface area (Å²) in [7, 11) is -6.40. The van der Waals surface area contributed by atoms with Crippen LogP contribution in [0.15, 0.2) is 164 Å². The van der Waals surface area contributed by atoms with Crippen LogP contribution < -0.4 is 25.2 Å². The number of amides is 2. The predicted molar refractivity (Wildman–Crippen MR) is 275 cm³/mol. The zero-order valence-electron chi connectivity index (χ0n) is 38.7. The Morgan fingerprint density at radius 1 is 0.589 bits per heavy atom. The summed E-state index contributed by atoms with van der Waals surface area (Å²) in [5.41, 5.74) is 1.69. The number of carbonyl (C=O) groups is 2. The molecule has 0 unspecified atom stereocenters. The van der Waals surface area contributed by atoms with E-state index in [1.165, 1.54) is 38.5 Å². The van der Waals surface area contributed by atoms with Gasteiger partial charge in [0.15, 0.2) is 5.75 Å². The second-order valence-electron chi connectivity index (χ2n) is 15.5. The Morgan fingerprint density at radius 3 is 1.47 bits per heavy atom. The van der Waals surface area contributed by atoms with Crippen LogP contribution in [0.4, 0.5) is 34.1 Å². The summed E-state index contributed by atoms with van der Waals surface area (Å²) in [6, 6.07) is 34.7. The molecule has 2 amide bonds. The van der Waals surface area contributed by atoms with E-state index < -0.39 is 53.3 Å². The fourth-order valence-corrected chi connectivity index (χ4v) is 9.14. The third-order valence-corrected chi connectivity index (χ3v) is 13.3. The van der Waals surface area contributed by atoms with Crippen LogP contribution in [0.2, 0.25) is 10.0 Å². The topological polar surface area (TPSA) is 281 Å². The number of nitrogens with zero attached hydrogens (tertiary/aromatic N) is 4. The Morgan fingerprint density at radius 2 is 1.00 bits per heavy atom. The molecule has 8 aromatic carbocycles. The van der Waals surface area contributed by atoms with Crippen molar-refractivity contribution in [1.82, 2.24) is 0 Å².